The van der Waals surface area contributed by atoms with Gasteiger partial charge in [-0.25, -0.2) is 13.2 Å². The Hall–Kier alpha value is -1.97. The highest BCUT2D eigenvalue weighted by atomic mass is 32.2. The summed E-state index contributed by atoms with van der Waals surface area (Å²) < 4.78 is 27.3. The number of rotatable bonds is 4. The smallest absolute Gasteiger partial charge is 0.307 e. The van der Waals surface area contributed by atoms with Crippen molar-refractivity contribution in [2.45, 2.75) is 37.2 Å². The molecule has 1 aliphatic rings. The molecule has 1 aliphatic heterocycles. The van der Waals surface area contributed by atoms with Crippen LogP contribution < -0.4 is 11.2 Å². The summed E-state index contributed by atoms with van der Waals surface area (Å²) in [5.74, 6) is 0. The van der Waals surface area contributed by atoms with Gasteiger partial charge in [-0.15, -0.1) is 0 Å². The molecule has 0 saturated carbocycles. The Labute approximate surface area is 145 Å². The zero-order chi connectivity index (χ0) is 18.4. The van der Waals surface area contributed by atoms with Crippen LogP contribution in [0.25, 0.3) is 10.9 Å². The zero-order valence-corrected chi connectivity index (χ0v) is 15.3. The minimum Gasteiger partial charge on any atom is -0.307 e. The first-order valence-electron chi connectivity index (χ1n) is 8.18. The predicted octanol–water partition coefficient (Wildman–Crippen LogP) is 0.320. The number of hydrogen-bond acceptors (Lipinski definition) is 5. The number of likely N-dealkylation sites (tertiary alicyclic amines) is 1. The van der Waals surface area contributed by atoms with E-state index < -0.39 is 21.3 Å². The van der Waals surface area contributed by atoms with Crippen LogP contribution >= 0.6 is 0 Å². The third-order valence-electron chi connectivity index (χ3n) is 4.83. The van der Waals surface area contributed by atoms with Gasteiger partial charge in [0.2, 0.25) is 10.0 Å². The lowest BCUT2D eigenvalue weighted by molar-refractivity contribution is 0.256. The zero-order valence-electron chi connectivity index (χ0n) is 14.4. The Morgan fingerprint density at radius 1 is 1.24 bits per heavy atom. The lowest BCUT2D eigenvalue weighted by atomic mass is 10.2. The molecule has 9 heteroatoms. The monoisotopic (exact) mass is 366 g/mol. The molecule has 0 amide bonds. The molecule has 3 rings (SSSR count). The van der Waals surface area contributed by atoms with Crippen molar-refractivity contribution in [3.8, 4) is 0 Å². The van der Waals surface area contributed by atoms with E-state index in [0.717, 1.165) is 13.0 Å². The average Bonchev–Trinajstić information content (AvgIpc) is 3.03. The van der Waals surface area contributed by atoms with E-state index in [-0.39, 0.29) is 16.3 Å². The van der Waals surface area contributed by atoms with Crippen LogP contribution in [0.3, 0.4) is 0 Å². The van der Waals surface area contributed by atoms with Crippen LogP contribution in [0.15, 0.2) is 32.7 Å². The molecule has 2 N–H and O–H groups in total. The van der Waals surface area contributed by atoms with Gasteiger partial charge in [0.15, 0.2) is 0 Å². The highest BCUT2D eigenvalue weighted by Gasteiger charge is 2.34. The van der Waals surface area contributed by atoms with E-state index in [0.29, 0.717) is 18.1 Å². The maximum Gasteiger partial charge on any atom is 0.326 e. The quantitative estimate of drug-likeness (QED) is 0.810. The molecule has 2 heterocycles. The number of nitrogens with one attached hydrogen (secondary N) is 2. The third-order valence-corrected chi connectivity index (χ3v) is 6.73. The van der Waals surface area contributed by atoms with Gasteiger partial charge in [0.1, 0.15) is 0 Å². The SMILES string of the molecule is CC(C)N1CCC(N(C)S(=O)(=O)c2ccc3[nH]c(=O)[nH]c(=O)c3c2)C1. The van der Waals surface area contributed by atoms with Crippen LogP contribution in [0.5, 0.6) is 0 Å². The molecule has 1 fully saturated rings. The molecule has 1 atom stereocenters. The predicted molar refractivity (Wildman–Crippen MR) is 95.3 cm³/mol. The minimum absolute atomic E-state index is 0.0445. The molecule has 2 aromatic rings. The van der Waals surface area contributed by atoms with Gasteiger partial charge in [0.25, 0.3) is 5.56 Å². The molecule has 0 bridgehead atoms. The van der Waals surface area contributed by atoms with Crippen LogP contribution in [0, 0.1) is 0 Å². The number of fused-ring (bicyclic) bond motifs is 1. The van der Waals surface area contributed by atoms with Crippen molar-refractivity contribution in [3.05, 3.63) is 39.0 Å². The van der Waals surface area contributed by atoms with Gasteiger partial charge >= 0.3 is 5.69 Å². The summed E-state index contributed by atoms with van der Waals surface area (Å²) in [5, 5.41) is 0.143. The first-order valence-corrected chi connectivity index (χ1v) is 9.62. The van der Waals surface area contributed by atoms with E-state index in [1.54, 1.807) is 7.05 Å². The Morgan fingerprint density at radius 2 is 1.96 bits per heavy atom. The highest BCUT2D eigenvalue weighted by molar-refractivity contribution is 7.89. The molecule has 1 saturated heterocycles. The summed E-state index contributed by atoms with van der Waals surface area (Å²) >= 11 is 0. The Morgan fingerprint density at radius 3 is 2.60 bits per heavy atom. The average molecular weight is 366 g/mol. The van der Waals surface area contributed by atoms with E-state index in [2.05, 4.69) is 28.7 Å². The molecule has 1 unspecified atom stereocenters. The molecule has 1 aromatic carbocycles. The molecular formula is C16H22N4O4S. The van der Waals surface area contributed by atoms with Gasteiger partial charge in [-0.05, 0) is 38.5 Å². The molecule has 1 aromatic heterocycles. The number of sulfonamides is 1. The second-order valence-electron chi connectivity index (χ2n) is 6.67. The second kappa shape index (κ2) is 6.40. The number of aromatic amines is 2. The number of likely N-dealkylation sites (N-methyl/N-ethyl adjacent to an activating group) is 1. The van der Waals surface area contributed by atoms with Crippen molar-refractivity contribution < 1.29 is 8.42 Å². The van der Waals surface area contributed by atoms with Crippen molar-refractivity contribution in [3.63, 3.8) is 0 Å². The highest BCUT2D eigenvalue weighted by Crippen LogP contribution is 2.24. The Balaban J connectivity index is 1.96. The van der Waals surface area contributed by atoms with Gasteiger partial charge in [0.05, 0.1) is 15.8 Å². The fraction of sp³-hybridized carbons (Fsp3) is 0.500. The molecular weight excluding hydrogens is 344 g/mol. The fourth-order valence-electron chi connectivity index (χ4n) is 3.20. The standard InChI is InChI=1S/C16H22N4O4S/c1-10(2)20-7-6-11(9-20)19(3)25(23,24)12-4-5-14-13(8-12)15(21)18-16(22)17-14/h4-5,8,10-11H,6-7,9H2,1-3H3,(H2,17,18,21,22). The maximum absolute atomic E-state index is 12.9. The van der Waals surface area contributed by atoms with Crippen molar-refractivity contribution in [1.82, 2.24) is 19.2 Å². The summed E-state index contributed by atoms with van der Waals surface area (Å²) in [4.78, 5) is 30.1. The summed E-state index contributed by atoms with van der Waals surface area (Å²) in [7, 11) is -2.15. The normalized spacial score (nSPS) is 19.3. The number of hydrogen-bond donors (Lipinski definition) is 2. The van der Waals surface area contributed by atoms with Crippen molar-refractivity contribution in [2.24, 2.45) is 0 Å². The van der Waals surface area contributed by atoms with Gasteiger partial charge in [-0.1, -0.05) is 0 Å². The molecule has 136 valence electrons. The molecule has 25 heavy (non-hydrogen) atoms. The van der Waals surface area contributed by atoms with Gasteiger partial charge in [-0.3, -0.25) is 14.7 Å². The lowest BCUT2D eigenvalue weighted by Gasteiger charge is -2.25. The van der Waals surface area contributed by atoms with Crippen LogP contribution in [-0.2, 0) is 10.0 Å². The van der Waals surface area contributed by atoms with E-state index in [1.807, 2.05) is 0 Å². The van der Waals surface area contributed by atoms with E-state index >= 15 is 0 Å². The van der Waals surface area contributed by atoms with E-state index in [1.165, 1.54) is 22.5 Å². The van der Waals surface area contributed by atoms with E-state index in [9.17, 15) is 18.0 Å². The van der Waals surface area contributed by atoms with Crippen molar-refractivity contribution in [1.29, 1.82) is 0 Å². The van der Waals surface area contributed by atoms with Crippen molar-refractivity contribution >= 4 is 20.9 Å². The van der Waals surface area contributed by atoms with E-state index in [4.69, 9.17) is 0 Å². The first-order chi connectivity index (χ1) is 11.7. The molecule has 0 spiro atoms. The second-order valence-corrected chi connectivity index (χ2v) is 8.67. The lowest BCUT2D eigenvalue weighted by Crippen LogP contribution is -2.40. The van der Waals surface area contributed by atoms with Crippen LogP contribution in [0.1, 0.15) is 20.3 Å². The molecule has 0 aliphatic carbocycles. The number of benzene rings is 1. The summed E-state index contributed by atoms with van der Waals surface area (Å²) in [6.07, 6.45) is 0.773. The van der Waals surface area contributed by atoms with Crippen LogP contribution in [0.4, 0.5) is 0 Å². The third kappa shape index (κ3) is 3.26. The van der Waals surface area contributed by atoms with Gasteiger partial charge in [0, 0.05) is 32.2 Å². The Bertz CT molecular complexity index is 1010. The van der Waals surface area contributed by atoms with Gasteiger partial charge < -0.3 is 4.98 Å². The summed E-state index contributed by atoms with van der Waals surface area (Å²) in [6.45, 7) is 5.73. The van der Waals surface area contributed by atoms with Crippen molar-refractivity contribution in [2.75, 3.05) is 20.1 Å². The van der Waals surface area contributed by atoms with Crippen LogP contribution in [-0.4, -0.2) is 59.8 Å². The first kappa shape index (κ1) is 17.8. The topological polar surface area (TPSA) is 106 Å². The van der Waals surface area contributed by atoms with Crippen LogP contribution in [0.2, 0.25) is 0 Å². The summed E-state index contributed by atoms with van der Waals surface area (Å²) in [5.41, 5.74) is -0.919. The maximum atomic E-state index is 12.9. The minimum atomic E-state index is -3.73. The number of nitrogens with zero attached hydrogens (tertiary/aromatic N) is 2. The van der Waals surface area contributed by atoms with Gasteiger partial charge in [-0.2, -0.15) is 4.31 Å². The number of aromatic nitrogens is 2. The summed E-state index contributed by atoms with van der Waals surface area (Å²) in [6, 6.07) is 4.44. The molecule has 8 nitrogen and oxygen atoms in total. The Kier molecular flexibility index (Phi) is 4.56. The fourth-order valence-corrected chi connectivity index (χ4v) is 4.61. The number of H-pyrrole nitrogens is 2. The largest absolute Gasteiger partial charge is 0.326 e. The molecule has 0 radical (unpaired) electrons.